The number of carboxylic acid groups (broad SMARTS) is 1. The van der Waals surface area contributed by atoms with Crippen molar-refractivity contribution in [2.45, 2.75) is 5.76 Å². The topological polar surface area (TPSA) is 83.5 Å². The predicted molar refractivity (Wildman–Crippen MR) is 61.7 cm³/mol. The first-order chi connectivity index (χ1) is 8.31. The second-order valence-electron chi connectivity index (χ2n) is 3.20. The van der Waals surface area contributed by atoms with Crippen molar-refractivity contribution in [3.05, 3.63) is 35.9 Å². The van der Waals surface area contributed by atoms with Crippen molar-refractivity contribution < 1.29 is 27.1 Å². The summed E-state index contributed by atoms with van der Waals surface area (Å²) in [7, 11) is -4.72. The number of sulfonamides is 1. The SMILES string of the molecule is O=C(O)C=Cc1cccc(NS(=O)(=O)C(F)F)c1. The van der Waals surface area contributed by atoms with Gasteiger partial charge in [-0.2, -0.15) is 8.78 Å². The summed E-state index contributed by atoms with van der Waals surface area (Å²) in [5.74, 6) is -4.70. The molecule has 5 nitrogen and oxygen atoms in total. The van der Waals surface area contributed by atoms with Crippen molar-refractivity contribution >= 4 is 27.8 Å². The number of carboxylic acids is 1. The van der Waals surface area contributed by atoms with Crippen LogP contribution in [-0.4, -0.2) is 25.3 Å². The van der Waals surface area contributed by atoms with Gasteiger partial charge in [0.05, 0.1) is 0 Å². The molecule has 0 heterocycles. The quantitative estimate of drug-likeness (QED) is 0.803. The van der Waals surface area contributed by atoms with Crippen LogP contribution >= 0.6 is 0 Å². The Bertz CT molecular complexity index is 569. The van der Waals surface area contributed by atoms with Gasteiger partial charge < -0.3 is 5.11 Å². The third-order valence-corrected chi connectivity index (χ3v) is 2.79. The molecule has 0 bridgehead atoms. The lowest BCUT2D eigenvalue weighted by Gasteiger charge is -2.07. The number of rotatable bonds is 5. The van der Waals surface area contributed by atoms with E-state index < -0.39 is 21.8 Å². The summed E-state index contributed by atoms with van der Waals surface area (Å²) < 4.78 is 47.7. The van der Waals surface area contributed by atoms with Crippen LogP contribution in [0, 0.1) is 0 Å². The second kappa shape index (κ2) is 5.58. The Morgan fingerprint density at radius 1 is 1.39 bits per heavy atom. The van der Waals surface area contributed by atoms with Gasteiger partial charge in [-0.05, 0) is 23.8 Å². The first-order valence-electron chi connectivity index (χ1n) is 4.62. The molecule has 0 amide bonds. The maximum atomic E-state index is 12.1. The maximum absolute atomic E-state index is 12.1. The lowest BCUT2D eigenvalue weighted by molar-refractivity contribution is -0.131. The maximum Gasteiger partial charge on any atom is 0.355 e. The summed E-state index contributed by atoms with van der Waals surface area (Å²) in [6.07, 6.45) is 2.06. The lowest BCUT2D eigenvalue weighted by Crippen LogP contribution is -2.20. The van der Waals surface area contributed by atoms with E-state index in [0.29, 0.717) is 5.56 Å². The van der Waals surface area contributed by atoms with Crippen LogP contribution in [0.5, 0.6) is 0 Å². The van der Waals surface area contributed by atoms with Crippen LogP contribution in [0.15, 0.2) is 30.3 Å². The highest BCUT2D eigenvalue weighted by molar-refractivity contribution is 7.93. The number of benzene rings is 1. The van der Waals surface area contributed by atoms with E-state index in [1.165, 1.54) is 30.3 Å². The van der Waals surface area contributed by atoms with Gasteiger partial charge >= 0.3 is 11.7 Å². The molecule has 0 fully saturated rings. The normalized spacial score (nSPS) is 11.9. The Labute approximate surface area is 102 Å². The third-order valence-electron chi connectivity index (χ3n) is 1.80. The number of hydrogen-bond acceptors (Lipinski definition) is 3. The minimum Gasteiger partial charge on any atom is -0.478 e. The molecule has 0 aliphatic rings. The number of alkyl halides is 2. The van der Waals surface area contributed by atoms with Crippen molar-refractivity contribution in [3.8, 4) is 0 Å². The van der Waals surface area contributed by atoms with E-state index >= 15 is 0 Å². The van der Waals surface area contributed by atoms with Crippen molar-refractivity contribution in [1.82, 2.24) is 0 Å². The molecule has 1 aromatic carbocycles. The highest BCUT2D eigenvalue weighted by atomic mass is 32.2. The Balaban J connectivity index is 2.93. The highest BCUT2D eigenvalue weighted by Crippen LogP contribution is 2.16. The van der Waals surface area contributed by atoms with Gasteiger partial charge in [0.2, 0.25) is 0 Å². The van der Waals surface area contributed by atoms with E-state index in [4.69, 9.17) is 5.11 Å². The zero-order valence-corrected chi connectivity index (χ0v) is 9.69. The zero-order valence-electron chi connectivity index (χ0n) is 8.88. The van der Waals surface area contributed by atoms with Gasteiger partial charge in [0.1, 0.15) is 0 Å². The van der Waals surface area contributed by atoms with E-state index in [-0.39, 0.29) is 5.69 Å². The molecular formula is C10H9F2NO4S. The second-order valence-corrected chi connectivity index (χ2v) is 4.86. The van der Waals surface area contributed by atoms with Crippen LogP contribution in [-0.2, 0) is 14.8 Å². The van der Waals surface area contributed by atoms with Crippen molar-refractivity contribution in [2.75, 3.05) is 4.72 Å². The van der Waals surface area contributed by atoms with Crippen molar-refractivity contribution in [3.63, 3.8) is 0 Å². The van der Waals surface area contributed by atoms with Gasteiger partial charge in [0.15, 0.2) is 0 Å². The van der Waals surface area contributed by atoms with E-state index in [1.54, 1.807) is 4.72 Å². The van der Waals surface area contributed by atoms with E-state index in [9.17, 15) is 22.0 Å². The molecule has 0 saturated heterocycles. The Morgan fingerprint density at radius 3 is 2.61 bits per heavy atom. The summed E-state index contributed by atoms with van der Waals surface area (Å²) in [4.78, 5) is 10.3. The molecule has 2 N–H and O–H groups in total. The first kappa shape index (κ1) is 14.1. The average molecular weight is 277 g/mol. The van der Waals surface area contributed by atoms with Gasteiger partial charge in [0, 0.05) is 11.8 Å². The number of halogens is 2. The summed E-state index contributed by atoms with van der Waals surface area (Å²) in [5.41, 5.74) is 0.301. The van der Waals surface area contributed by atoms with Gasteiger partial charge in [-0.25, -0.2) is 13.2 Å². The summed E-state index contributed by atoms with van der Waals surface area (Å²) >= 11 is 0. The molecule has 1 rings (SSSR count). The van der Waals surface area contributed by atoms with Crippen LogP contribution in [0.2, 0.25) is 0 Å². The molecule has 18 heavy (non-hydrogen) atoms. The van der Waals surface area contributed by atoms with Gasteiger partial charge in [-0.15, -0.1) is 0 Å². The fourth-order valence-corrected chi connectivity index (χ4v) is 1.63. The van der Waals surface area contributed by atoms with Crippen molar-refractivity contribution in [1.29, 1.82) is 0 Å². The minimum atomic E-state index is -4.72. The van der Waals surface area contributed by atoms with Gasteiger partial charge in [0.25, 0.3) is 10.0 Å². The lowest BCUT2D eigenvalue weighted by atomic mass is 10.2. The molecule has 0 atom stereocenters. The van der Waals surface area contributed by atoms with Gasteiger partial charge in [-0.1, -0.05) is 12.1 Å². The fraction of sp³-hybridized carbons (Fsp3) is 0.100. The third kappa shape index (κ3) is 4.13. The number of carbonyl (C=O) groups is 1. The van der Waals surface area contributed by atoms with E-state index in [1.807, 2.05) is 0 Å². The Hall–Kier alpha value is -1.96. The van der Waals surface area contributed by atoms with Gasteiger partial charge in [-0.3, -0.25) is 4.72 Å². The summed E-state index contributed by atoms with van der Waals surface area (Å²) in [6, 6.07) is 5.42. The molecule has 0 spiro atoms. The molecule has 0 saturated carbocycles. The monoisotopic (exact) mass is 277 g/mol. The average Bonchev–Trinajstić information content (AvgIpc) is 2.26. The van der Waals surface area contributed by atoms with Crippen LogP contribution in [0.4, 0.5) is 14.5 Å². The Morgan fingerprint density at radius 2 is 2.06 bits per heavy atom. The molecule has 98 valence electrons. The molecule has 0 aliphatic carbocycles. The van der Waals surface area contributed by atoms with Crippen molar-refractivity contribution in [2.24, 2.45) is 0 Å². The highest BCUT2D eigenvalue weighted by Gasteiger charge is 2.23. The molecular weight excluding hydrogens is 268 g/mol. The van der Waals surface area contributed by atoms with E-state index in [2.05, 4.69) is 0 Å². The molecule has 0 radical (unpaired) electrons. The summed E-state index contributed by atoms with van der Waals surface area (Å²) in [6.45, 7) is 0. The molecule has 0 aromatic heterocycles. The predicted octanol–water partition coefficient (Wildman–Crippen LogP) is 1.75. The summed E-state index contributed by atoms with van der Waals surface area (Å²) in [5, 5.41) is 8.41. The van der Waals surface area contributed by atoms with Crippen LogP contribution in [0.25, 0.3) is 6.08 Å². The first-order valence-corrected chi connectivity index (χ1v) is 6.17. The standard InChI is InChI=1S/C10H9F2NO4S/c11-10(12)18(16,17)13-8-3-1-2-7(6-8)4-5-9(14)15/h1-6,10,13H,(H,14,15). The molecule has 0 unspecified atom stereocenters. The van der Waals surface area contributed by atoms with E-state index in [0.717, 1.165) is 6.08 Å². The number of aliphatic carboxylic acids is 1. The Kier molecular flexibility index (Phi) is 4.38. The van der Waals surface area contributed by atoms with Crippen LogP contribution in [0.1, 0.15) is 5.56 Å². The number of nitrogens with one attached hydrogen (secondary N) is 1. The smallest absolute Gasteiger partial charge is 0.355 e. The molecule has 1 aromatic rings. The zero-order chi connectivity index (χ0) is 13.8. The largest absolute Gasteiger partial charge is 0.478 e. The fourth-order valence-electron chi connectivity index (χ4n) is 1.08. The molecule has 8 heteroatoms. The molecule has 0 aliphatic heterocycles. The minimum absolute atomic E-state index is 0.0668. The number of anilines is 1. The van der Waals surface area contributed by atoms with Crippen LogP contribution < -0.4 is 4.72 Å². The van der Waals surface area contributed by atoms with Crippen LogP contribution in [0.3, 0.4) is 0 Å². The number of hydrogen-bond donors (Lipinski definition) is 2.